The lowest BCUT2D eigenvalue weighted by Crippen LogP contribution is -2.25. The molecule has 2 rings (SSSR count). The van der Waals surface area contributed by atoms with Gasteiger partial charge in [0.2, 0.25) is 0 Å². The van der Waals surface area contributed by atoms with Crippen LogP contribution in [0.1, 0.15) is 21.5 Å². The van der Waals surface area contributed by atoms with E-state index in [0.29, 0.717) is 18.7 Å². The molecule has 0 bridgehead atoms. The highest BCUT2D eigenvalue weighted by atomic mass is 16.1. The first kappa shape index (κ1) is 14.1. The third-order valence-corrected chi connectivity index (χ3v) is 3.13. The van der Waals surface area contributed by atoms with Crippen molar-refractivity contribution < 1.29 is 4.79 Å². The quantitative estimate of drug-likeness (QED) is 0.723. The van der Waals surface area contributed by atoms with Crippen molar-refractivity contribution in [1.29, 1.82) is 0 Å². The van der Waals surface area contributed by atoms with Crippen molar-refractivity contribution in [2.24, 2.45) is 5.73 Å². The fourth-order valence-corrected chi connectivity index (χ4v) is 1.90. The number of hydrogen-bond donors (Lipinski definition) is 3. The van der Waals surface area contributed by atoms with E-state index in [0.717, 1.165) is 23.2 Å². The van der Waals surface area contributed by atoms with Crippen molar-refractivity contribution in [3.05, 3.63) is 65.2 Å². The van der Waals surface area contributed by atoms with Crippen molar-refractivity contribution in [1.82, 2.24) is 5.32 Å². The monoisotopic (exact) mass is 269 g/mol. The van der Waals surface area contributed by atoms with Crippen molar-refractivity contribution in [3.63, 3.8) is 0 Å². The average Bonchev–Trinajstić information content (AvgIpc) is 2.49. The number of hydrogen-bond acceptors (Lipinski definition) is 3. The fraction of sp³-hybridized carbons (Fsp3) is 0.188. The van der Waals surface area contributed by atoms with Gasteiger partial charge in [-0.25, -0.2) is 0 Å². The molecule has 0 radical (unpaired) electrons. The van der Waals surface area contributed by atoms with Crippen LogP contribution in [0.15, 0.2) is 48.5 Å². The Morgan fingerprint density at radius 2 is 1.55 bits per heavy atom. The Morgan fingerprint density at radius 1 is 0.950 bits per heavy atom. The largest absolute Gasteiger partial charge is 0.399 e. The first-order valence-electron chi connectivity index (χ1n) is 6.60. The lowest BCUT2D eigenvalue weighted by molar-refractivity contribution is 0.0954. The van der Waals surface area contributed by atoms with Gasteiger partial charge in [0.15, 0.2) is 0 Å². The summed E-state index contributed by atoms with van der Waals surface area (Å²) in [5, 5.41) is 2.90. The van der Waals surface area contributed by atoms with Gasteiger partial charge in [0, 0.05) is 24.3 Å². The van der Waals surface area contributed by atoms with Gasteiger partial charge in [0.1, 0.15) is 0 Å². The van der Waals surface area contributed by atoms with Gasteiger partial charge >= 0.3 is 0 Å². The molecule has 0 spiro atoms. The van der Waals surface area contributed by atoms with E-state index in [1.807, 2.05) is 36.4 Å². The lowest BCUT2D eigenvalue weighted by atomic mass is 10.1. The molecule has 4 nitrogen and oxygen atoms in total. The maximum Gasteiger partial charge on any atom is 0.251 e. The maximum atomic E-state index is 11.9. The Hall–Kier alpha value is -2.33. The number of rotatable bonds is 5. The summed E-state index contributed by atoms with van der Waals surface area (Å²) in [6.07, 6.45) is 0.785. The molecule has 0 aliphatic rings. The third-order valence-electron chi connectivity index (χ3n) is 3.13. The molecule has 0 saturated heterocycles. The summed E-state index contributed by atoms with van der Waals surface area (Å²) in [5.41, 5.74) is 14.7. The highest BCUT2D eigenvalue weighted by Gasteiger charge is 2.04. The van der Waals surface area contributed by atoms with Gasteiger partial charge in [-0.2, -0.15) is 0 Å². The molecule has 4 heteroatoms. The molecule has 0 aliphatic carbocycles. The number of nitrogen functional groups attached to an aromatic ring is 1. The second-order valence-corrected chi connectivity index (χ2v) is 4.65. The molecule has 0 atom stereocenters. The van der Waals surface area contributed by atoms with Crippen LogP contribution in [0.3, 0.4) is 0 Å². The molecular weight excluding hydrogens is 250 g/mol. The molecule has 0 fully saturated rings. The third kappa shape index (κ3) is 3.83. The minimum atomic E-state index is -0.0657. The van der Waals surface area contributed by atoms with Crippen LogP contribution < -0.4 is 16.8 Å². The first-order valence-corrected chi connectivity index (χ1v) is 6.60. The van der Waals surface area contributed by atoms with Crippen LogP contribution in [0, 0.1) is 0 Å². The van der Waals surface area contributed by atoms with E-state index in [1.165, 1.54) is 0 Å². The smallest absolute Gasteiger partial charge is 0.251 e. The van der Waals surface area contributed by atoms with Crippen LogP contribution in [0.25, 0.3) is 0 Å². The average molecular weight is 269 g/mol. The van der Waals surface area contributed by atoms with Crippen LogP contribution in [-0.2, 0) is 13.0 Å². The molecule has 20 heavy (non-hydrogen) atoms. The molecule has 0 aliphatic heterocycles. The number of carbonyl (C=O) groups is 1. The topological polar surface area (TPSA) is 81.1 Å². The minimum absolute atomic E-state index is 0.0657. The van der Waals surface area contributed by atoms with Crippen LogP contribution in [0.2, 0.25) is 0 Å². The summed E-state index contributed by atoms with van der Waals surface area (Å²) in [5.74, 6) is -0.0657. The molecular formula is C16H19N3O. The summed E-state index contributed by atoms with van der Waals surface area (Å²) >= 11 is 0. The second-order valence-electron chi connectivity index (χ2n) is 4.65. The van der Waals surface area contributed by atoms with E-state index in [4.69, 9.17) is 11.5 Å². The van der Waals surface area contributed by atoms with Crippen LogP contribution in [-0.4, -0.2) is 12.5 Å². The maximum absolute atomic E-state index is 11.9. The molecule has 0 heterocycles. The molecule has 1 amide bonds. The van der Waals surface area contributed by atoms with Crippen molar-refractivity contribution in [2.45, 2.75) is 13.0 Å². The fourth-order valence-electron chi connectivity index (χ4n) is 1.90. The van der Waals surface area contributed by atoms with Gasteiger partial charge in [-0.05, 0) is 41.8 Å². The van der Waals surface area contributed by atoms with Crippen LogP contribution >= 0.6 is 0 Å². The van der Waals surface area contributed by atoms with Crippen LogP contribution in [0.4, 0.5) is 5.69 Å². The van der Waals surface area contributed by atoms with E-state index in [-0.39, 0.29) is 5.91 Å². The van der Waals surface area contributed by atoms with E-state index in [9.17, 15) is 4.79 Å². The van der Waals surface area contributed by atoms with E-state index >= 15 is 0 Å². The van der Waals surface area contributed by atoms with Gasteiger partial charge in [-0.3, -0.25) is 4.79 Å². The predicted octanol–water partition coefficient (Wildman–Crippen LogP) is 1.70. The zero-order valence-electron chi connectivity index (χ0n) is 11.3. The summed E-state index contributed by atoms with van der Waals surface area (Å²) in [4.78, 5) is 11.9. The summed E-state index contributed by atoms with van der Waals surface area (Å²) in [6.45, 7) is 1.08. The zero-order chi connectivity index (χ0) is 14.4. The van der Waals surface area contributed by atoms with E-state index in [2.05, 4.69) is 5.32 Å². The van der Waals surface area contributed by atoms with E-state index < -0.39 is 0 Å². The van der Waals surface area contributed by atoms with Gasteiger partial charge in [0.05, 0.1) is 0 Å². The van der Waals surface area contributed by atoms with Gasteiger partial charge in [-0.15, -0.1) is 0 Å². The Kier molecular flexibility index (Phi) is 4.74. The number of anilines is 1. The summed E-state index contributed by atoms with van der Waals surface area (Å²) < 4.78 is 0. The second kappa shape index (κ2) is 6.73. The molecule has 5 N–H and O–H groups in total. The number of nitrogens with one attached hydrogen (secondary N) is 1. The SMILES string of the molecule is NCc1ccc(C(=O)NCCc2ccc(N)cc2)cc1. The van der Waals surface area contributed by atoms with Crippen molar-refractivity contribution >= 4 is 11.6 Å². The van der Waals surface area contributed by atoms with Crippen molar-refractivity contribution in [3.8, 4) is 0 Å². The van der Waals surface area contributed by atoms with Crippen molar-refractivity contribution in [2.75, 3.05) is 12.3 Å². The zero-order valence-corrected chi connectivity index (χ0v) is 11.3. The number of benzene rings is 2. The summed E-state index contributed by atoms with van der Waals surface area (Å²) in [6, 6.07) is 15.0. The van der Waals surface area contributed by atoms with E-state index in [1.54, 1.807) is 12.1 Å². The molecule has 0 saturated carbocycles. The van der Waals surface area contributed by atoms with Gasteiger partial charge in [0.25, 0.3) is 5.91 Å². The number of nitrogens with two attached hydrogens (primary N) is 2. The van der Waals surface area contributed by atoms with Gasteiger partial charge in [-0.1, -0.05) is 24.3 Å². The molecule has 104 valence electrons. The molecule has 0 aromatic heterocycles. The Labute approximate surface area is 118 Å². The normalized spacial score (nSPS) is 10.2. The Balaban J connectivity index is 1.83. The molecule has 2 aromatic rings. The molecule has 0 unspecified atom stereocenters. The number of amides is 1. The standard InChI is InChI=1S/C16H19N3O/c17-11-13-1-5-14(6-2-13)16(20)19-10-9-12-3-7-15(18)8-4-12/h1-8H,9-11,17-18H2,(H,19,20). The predicted molar refractivity (Wildman–Crippen MR) is 81.2 cm³/mol. The lowest BCUT2D eigenvalue weighted by Gasteiger charge is -2.06. The molecule has 2 aromatic carbocycles. The first-order chi connectivity index (χ1) is 9.69. The highest BCUT2D eigenvalue weighted by molar-refractivity contribution is 5.94. The highest BCUT2D eigenvalue weighted by Crippen LogP contribution is 2.06. The Morgan fingerprint density at radius 3 is 2.15 bits per heavy atom. The summed E-state index contributed by atoms with van der Waals surface area (Å²) in [7, 11) is 0. The van der Waals surface area contributed by atoms with Crippen LogP contribution in [0.5, 0.6) is 0 Å². The number of carbonyl (C=O) groups excluding carboxylic acids is 1. The van der Waals surface area contributed by atoms with Gasteiger partial charge < -0.3 is 16.8 Å². The Bertz CT molecular complexity index is 561. The minimum Gasteiger partial charge on any atom is -0.399 e.